The fraction of sp³-hybridized carbons (Fsp3) is 0.500. The Morgan fingerprint density at radius 3 is 2.72 bits per heavy atom. The number of carbonyl (C=O) groups is 1. The Morgan fingerprint density at radius 2 is 2.06 bits per heavy atom. The van der Waals surface area contributed by atoms with Crippen molar-refractivity contribution in [1.29, 1.82) is 0 Å². The second kappa shape index (κ2) is 6.52. The summed E-state index contributed by atoms with van der Waals surface area (Å²) >= 11 is 0. The highest BCUT2D eigenvalue weighted by atomic mass is 16.5. The maximum Gasteiger partial charge on any atom is 0.234 e. The van der Waals surface area contributed by atoms with Crippen LogP contribution in [0.5, 0.6) is 0 Å². The minimum Gasteiger partial charge on any atom is -0.380 e. The Kier molecular flexibility index (Phi) is 4.73. The Morgan fingerprint density at radius 1 is 1.33 bits per heavy atom. The van der Waals surface area contributed by atoms with Crippen LogP contribution in [0.2, 0.25) is 0 Å². The van der Waals surface area contributed by atoms with Crippen LogP contribution in [0, 0.1) is 0 Å². The molecule has 0 radical (unpaired) electrons. The lowest BCUT2D eigenvalue weighted by atomic mass is 10.1. The number of rotatable bonds is 7. The second-order valence-electron chi connectivity index (χ2n) is 4.63. The van der Waals surface area contributed by atoms with E-state index in [0.29, 0.717) is 25.7 Å². The van der Waals surface area contributed by atoms with E-state index in [1.54, 1.807) is 7.11 Å². The van der Waals surface area contributed by atoms with Gasteiger partial charge in [0.25, 0.3) is 0 Å². The topological polar surface area (TPSA) is 50.4 Å². The van der Waals surface area contributed by atoms with Crippen LogP contribution in [-0.4, -0.2) is 25.6 Å². The third-order valence-corrected chi connectivity index (χ3v) is 3.02. The predicted molar refractivity (Wildman–Crippen MR) is 70.0 cm³/mol. The minimum absolute atomic E-state index is 0.0501. The van der Waals surface area contributed by atoms with E-state index in [4.69, 9.17) is 4.74 Å². The smallest absolute Gasteiger partial charge is 0.234 e. The molecule has 0 heterocycles. The van der Waals surface area contributed by atoms with Gasteiger partial charge in [-0.2, -0.15) is 0 Å². The van der Waals surface area contributed by atoms with Gasteiger partial charge >= 0.3 is 0 Å². The standard InChI is InChI=1S/C14H20N2O2/c1-18-10-12-5-3-2-4-11(12)8-16-14(17)9-15-13-6-7-13/h2-5,13,15H,6-10H2,1H3,(H,16,17). The van der Waals surface area contributed by atoms with Crippen LogP contribution in [0.4, 0.5) is 0 Å². The number of amides is 1. The van der Waals surface area contributed by atoms with E-state index in [-0.39, 0.29) is 5.91 Å². The first-order valence-electron chi connectivity index (χ1n) is 6.35. The second-order valence-corrected chi connectivity index (χ2v) is 4.63. The van der Waals surface area contributed by atoms with Crippen molar-refractivity contribution in [3.05, 3.63) is 35.4 Å². The maximum atomic E-state index is 11.6. The lowest BCUT2D eigenvalue weighted by Crippen LogP contribution is -2.34. The number of nitrogens with one attached hydrogen (secondary N) is 2. The van der Waals surface area contributed by atoms with E-state index >= 15 is 0 Å². The molecule has 4 nitrogen and oxygen atoms in total. The Bertz CT molecular complexity index is 403. The Labute approximate surface area is 108 Å². The number of hydrogen-bond donors (Lipinski definition) is 2. The third-order valence-electron chi connectivity index (χ3n) is 3.02. The van der Waals surface area contributed by atoms with E-state index in [9.17, 15) is 4.79 Å². The van der Waals surface area contributed by atoms with Gasteiger partial charge < -0.3 is 15.4 Å². The average molecular weight is 248 g/mol. The molecule has 2 rings (SSSR count). The predicted octanol–water partition coefficient (Wildman–Crippen LogP) is 1.20. The first kappa shape index (κ1) is 13.1. The molecule has 1 saturated carbocycles. The van der Waals surface area contributed by atoms with E-state index in [2.05, 4.69) is 10.6 Å². The van der Waals surface area contributed by atoms with Crippen molar-refractivity contribution in [2.24, 2.45) is 0 Å². The largest absolute Gasteiger partial charge is 0.380 e. The lowest BCUT2D eigenvalue weighted by Gasteiger charge is -2.10. The van der Waals surface area contributed by atoms with Gasteiger partial charge in [0.15, 0.2) is 0 Å². The summed E-state index contributed by atoms with van der Waals surface area (Å²) in [7, 11) is 1.68. The van der Waals surface area contributed by atoms with Gasteiger partial charge in [0.1, 0.15) is 0 Å². The van der Waals surface area contributed by atoms with Crippen molar-refractivity contribution in [3.63, 3.8) is 0 Å². The zero-order valence-corrected chi connectivity index (χ0v) is 10.7. The molecule has 0 bridgehead atoms. The molecule has 0 aromatic heterocycles. The van der Waals surface area contributed by atoms with Gasteiger partial charge in [0, 0.05) is 19.7 Å². The Balaban J connectivity index is 1.78. The molecule has 0 spiro atoms. The highest BCUT2D eigenvalue weighted by Crippen LogP contribution is 2.17. The monoisotopic (exact) mass is 248 g/mol. The van der Waals surface area contributed by atoms with Gasteiger partial charge in [-0.3, -0.25) is 4.79 Å². The first-order valence-corrected chi connectivity index (χ1v) is 6.35. The van der Waals surface area contributed by atoms with Crippen molar-refractivity contribution in [2.75, 3.05) is 13.7 Å². The molecule has 2 N–H and O–H groups in total. The van der Waals surface area contributed by atoms with Crippen molar-refractivity contribution in [2.45, 2.75) is 32.0 Å². The molecule has 0 atom stereocenters. The van der Waals surface area contributed by atoms with Crippen LogP contribution in [0.1, 0.15) is 24.0 Å². The summed E-state index contributed by atoms with van der Waals surface area (Å²) in [6.07, 6.45) is 2.40. The molecule has 0 saturated heterocycles. The van der Waals surface area contributed by atoms with Crippen LogP contribution in [0.25, 0.3) is 0 Å². The van der Waals surface area contributed by atoms with Crippen LogP contribution in [0.3, 0.4) is 0 Å². The van der Waals surface area contributed by atoms with E-state index < -0.39 is 0 Å². The summed E-state index contributed by atoms with van der Waals surface area (Å²) in [6.45, 7) is 1.55. The minimum atomic E-state index is 0.0501. The van der Waals surface area contributed by atoms with Crippen LogP contribution < -0.4 is 10.6 Å². The normalized spacial score (nSPS) is 14.5. The summed E-state index contributed by atoms with van der Waals surface area (Å²) in [5.41, 5.74) is 2.23. The average Bonchev–Trinajstić information content (AvgIpc) is 3.20. The van der Waals surface area contributed by atoms with Crippen molar-refractivity contribution >= 4 is 5.91 Å². The van der Waals surface area contributed by atoms with Gasteiger partial charge in [-0.05, 0) is 24.0 Å². The van der Waals surface area contributed by atoms with Gasteiger partial charge in [-0.25, -0.2) is 0 Å². The number of hydrogen-bond acceptors (Lipinski definition) is 3. The molecule has 1 aromatic carbocycles. The summed E-state index contributed by atoms with van der Waals surface area (Å²) in [6, 6.07) is 8.56. The molecule has 4 heteroatoms. The van der Waals surface area contributed by atoms with E-state index in [1.807, 2.05) is 24.3 Å². The molecule has 0 unspecified atom stereocenters. The molecule has 1 aromatic rings. The van der Waals surface area contributed by atoms with Gasteiger partial charge in [0.2, 0.25) is 5.91 Å². The van der Waals surface area contributed by atoms with Gasteiger partial charge in [-0.15, -0.1) is 0 Å². The lowest BCUT2D eigenvalue weighted by molar-refractivity contribution is -0.120. The zero-order valence-electron chi connectivity index (χ0n) is 10.7. The van der Waals surface area contributed by atoms with Gasteiger partial charge in [-0.1, -0.05) is 24.3 Å². The zero-order chi connectivity index (χ0) is 12.8. The van der Waals surface area contributed by atoms with Crippen LogP contribution in [0.15, 0.2) is 24.3 Å². The van der Waals surface area contributed by atoms with Crippen molar-refractivity contribution in [1.82, 2.24) is 10.6 Å². The first-order chi connectivity index (χ1) is 8.79. The highest BCUT2D eigenvalue weighted by molar-refractivity contribution is 5.78. The summed E-state index contributed by atoms with van der Waals surface area (Å²) in [5, 5.41) is 6.12. The molecular formula is C14H20N2O2. The number of methoxy groups -OCH3 is 1. The summed E-state index contributed by atoms with van der Waals surface area (Å²) in [5.74, 6) is 0.0501. The third kappa shape index (κ3) is 4.13. The molecule has 1 amide bonds. The summed E-state index contributed by atoms with van der Waals surface area (Å²) < 4.78 is 5.14. The fourth-order valence-corrected chi connectivity index (χ4v) is 1.81. The SMILES string of the molecule is COCc1ccccc1CNC(=O)CNC1CC1. The van der Waals surface area contributed by atoms with Crippen molar-refractivity contribution < 1.29 is 9.53 Å². The molecule has 1 fully saturated rings. The van der Waals surface area contributed by atoms with Crippen LogP contribution >= 0.6 is 0 Å². The molecule has 0 aliphatic heterocycles. The maximum absolute atomic E-state index is 11.6. The van der Waals surface area contributed by atoms with E-state index in [0.717, 1.165) is 11.1 Å². The van der Waals surface area contributed by atoms with Crippen molar-refractivity contribution in [3.8, 4) is 0 Å². The summed E-state index contributed by atoms with van der Waals surface area (Å²) in [4.78, 5) is 11.6. The quantitative estimate of drug-likeness (QED) is 0.762. The molecule has 98 valence electrons. The Hall–Kier alpha value is -1.39. The van der Waals surface area contributed by atoms with Crippen LogP contribution in [-0.2, 0) is 22.7 Å². The number of carbonyl (C=O) groups excluding carboxylic acids is 1. The molecule has 1 aliphatic rings. The van der Waals surface area contributed by atoms with E-state index in [1.165, 1.54) is 12.8 Å². The number of benzene rings is 1. The number of ether oxygens (including phenoxy) is 1. The fourth-order valence-electron chi connectivity index (χ4n) is 1.81. The van der Waals surface area contributed by atoms with Gasteiger partial charge in [0.05, 0.1) is 13.2 Å². The molecule has 18 heavy (non-hydrogen) atoms. The molecular weight excluding hydrogens is 228 g/mol. The molecule has 1 aliphatic carbocycles. The highest BCUT2D eigenvalue weighted by Gasteiger charge is 2.20.